The minimum absolute atomic E-state index is 0.598. The Labute approximate surface area is 391 Å². The summed E-state index contributed by atoms with van der Waals surface area (Å²) in [6.45, 7) is 0. The van der Waals surface area contributed by atoms with Gasteiger partial charge in [-0.3, -0.25) is 0 Å². The number of hydrogen-bond acceptors (Lipinski definition) is 6. The van der Waals surface area contributed by atoms with Gasteiger partial charge in [-0.15, -0.1) is 0 Å². The molecule has 0 saturated carbocycles. The van der Waals surface area contributed by atoms with Gasteiger partial charge in [0.1, 0.15) is 0 Å². The normalized spacial score (nSPS) is 11.5. The molecule has 0 spiro atoms. The predicted molar refractivity (Wildman–Crippen MR) is 275 cm³/mol. The van der Waals surface area contributed by atoms with Crippen LogP contribution in [0.15, 0.2) is 231 Å². The number of para-hydroxylation sites is 2. The maximum Gasteiger partial charge on any atom is 0.164 e. The van der Waals surface area contributed by atoms with Gasteiger partial charge in [0, 0.05) is 66.3 Å². The summed E-state index contributed by atoms with van der Waals surface area (Å²) in [5, 5.41) is 4.61. The van der Waals surface area contributed by atoms with Crippen LogP contribution in [0.5, 0.6) is 0 Å². The van der Waals surface area contributed by atoms with E-state index in [0.29, 0.717) is 34.9 Å². The Morgan fingerprint density at radius 3 is 0.838 bits per heavy atom. The Kier molecular flexibility index (Phi) is 9.31. The molecule has 0 aliphatic rings. The van der Waals surface area contributed by atoms with Crippen LogP contribution in [0.3, 0.4) is 0 Å². The highest BCUT2D eigenvalue weighted by Gasteiger charge is 2.23. The van der Waals surface area contributed by atoms with Gasteiger partial charge in [-0.05, 0) is 36.4 Å². The van der Waals surface area contributed by atoms with E-state index < -0.39 is 0 Å². The van der Waals surface area contributed by atoms with E-state index in [9.17, 15) is 0 Å². The Hall–Kier alpha value is -9.40. The topological polar surface area (TPSA) is 87.2 Å². The third kappa shape index (κ3) is 6.70. The molecule has 0 aliphatic carbocycles. The van der Waals surface area contributed by atoms with Crippen molar-refractivity contribution in [3.05, 3.63) is 231 Å². The van der Waals surface area contributed by atoms with Crippen molar-refractivity contribution in [1.29, 1.82) is 0 Å². The molecule has 0 radical (unpaired) electrons. The molecule has 8 heteroatoms. The van der Waals surface area contributed by atoms with E-state index in [1.54, 1.807) is 0 Å². The second-order valence-electron chi connectivity index (χ2n) is 16.7. The van der Waals surface area contributed by atoms with Crippen LogP contribution in [0.25, 0.3) is 123 Å². The Morgan fingerprint density at radius 1 is 0.221 bits per heavy atom. The molecule has 0 atom stereocenters. The number of benzene rings is 9. The van der Waals surface area contributed by atoms with Crippen molar-refractivity contribution >= 4 is 43.6 Å². The molecule has 0 amide bonds. The first-order valence-electron chi connectivity index (χ1n) is 22.6. The van der Waals surface area contributed by atoms with E-state index in [2.05, 4.69) is 118 Å². The van der Waals surface area contributed by atoms with Gasteiger partial charge in [0.2, 0.25) is 0 Å². The monoisotopic (exact) mass is 870 g/mol. The van der Waals surface area contributed by atoms with Crippen molar-refractivity contribution < 1.29 is 0 Å². The van der Waals surface area contributed by atoms with Gasteiger partial charge in [0.25, 0.3) is 0 Å². The Morgan fingerprint density at radius 2 is 0.500 bits per heavy atom. The van der Waals surface area contributed by atoms with Crippen LogP contribution in [0.4, 0.5) is 0 Å². The molecule has 13 rings (SSSR count). The fourth-order valence-corrected chi connectivity index (χ4v) is 9.48. The van der Waals surface area contributed by atoms with Crippen LogP contribution in [-0.2, 0) is 0 Å². The lowest BCUT2D eigenvalue weighted by Gasteiger charge is -2.14. The van der Waals surface area contributed by atoms with Gasteiger partial charge in [-0.2, -0.15) is 0 Å². The molecule has 0 fully saturated rings. The van der Waals surface area contributed by atoms with Crippen LogP contribution in [0.2, 0.25) is 0 Å². The van der Waals surface area contributed by atoms with E-state index in [1.165, 1.54) is 0 Å². The molecule has 4 aromatic heterocycles. The van der Waals surface area contributed by atoms with Gasteiger partial charge >= 0.3 is 0 Å². The molecule has 0 aliphatic heterocycles. The van der Waals surface area contributed by atoms with E-state index in [1.807, 2.05) is 121 Å². The van der Waals surface area contributed by atoms with Crippen molar-refractivity contribution in [1.82, 2.24) is 39.0 Å². The van der Waals surface area contributed by atoms with Crippen LogP contribution in [-0.4, -0.2) is 39.0 Å². The summed E-state index contributed by atoms with van der Waals surface area (Å²) in [6.07, 6.45) is 0. The van der Waals surface area contributed by atoms with Crippen LogP contribution in [0, 0.1) is 0 Å². The summed E-state index contributed by atoms with van der Waals surface area (Å²) in [6, 6.07) is 79.4. The number of hydrogen-bond donors (Lipinski definition) is 0. The number of aromatic nitrogens is 8. The van der Waals surface area contributed by atoms with Gasteiger partial charge in [0.15, 0.2) is 34.9 Å². The van der Waals surface area contributed by atoms with Crippen LogP contribution in [0.1, 0.15) is 0 Å². The zero-order chi connectivity index (χ0) is 45.0. The van der Waals surface area contributed by atoms with E-state index in [-0.39, 0.29) is 0 Å². The maximum atomic E-state index is 5.11. The fraction of sp³-hybridized carbons (Fsp3) is 0. The quantitative estimate of drug-likeness (QED) is 0.151. The van der Waals surface area contributed by atoms with E-state index in [0.717, 1.165) is 88.4 Å². The summed E-state index contributed by atoms with van der Waals surface area (Å²) in [5.74, 6) is 3.68. The van der Waals surface area contributed by atoms with Gasteiger partial charge in [-0.1, -0.05) is 194 Å². The smallest absolute Gasteiger partial charge is 0.164 e. The van der Waals surface area contributed by atoms with Crippen molar-refractivity contribution in [2.75, 3.05) is 0 Å². The van der Waals surface area contributed by atoms with Crippen molar-refractivity contribution in [3.8, 4) is 79.7 Å². The lowest BCUT2D eigenvalue weighted by atomic mass is 10.1. The summed E-state index contributed by atoms with van der Waals surface area (Å²) < 4.78 is 4.80. The van der Waals surface area contributed by atoms with E-state index >= 15 is 0 Å². The third-order valence-corrected chi connectivity index (χ3v) is 12.6. The highest BCUT2D eigenvalue weighted by atomic mass is 15.1. The molecule has 13 aromatic rings. The minimum Gasteiger partial charge on any atom is -0.307 e. The minimum atomic E-state index is 0.598. The lowest BCUT2D eigenvalue weighted by Crippen LogP contribution is -2.02. The molecule has 318 valence electrons. The second kappa shape index (κ2) is 16.2. The standard InChI is InChI=1S/C60H38N8/c1-5-19-39(20-6-1)55-61-56(40-21-7-2-8-22-40)64-59(63-55)43-27-17-29-45(37-43)67-51-33-15-13-31-47(51)49-35-36-50-48-32-14-16-34-52(48)68(54(50)53(49)67)46-30-18-28-44(38-46)60-65-57(41-23-9-3-10-24-41)62-58(66-60)42-25-11-4-12-26-42/h1-38H. The number of nitrogens with zero attached hydrogens (tertiary/aromatic N) is 8. The third-order valence-electron chi connectivity index (χ3n) is 12.6. The average Bonchev–Trinajstić information content (AvgIpc) is 3.95. The molecule has 0 unspecified atom stereocenters. The maximum absolute atomic E-state index is 5.11. The van der Waals surface area contributed by atoms with Crippen LogP contribution < -0.4 is 0 Å². The lowest BCUT2D eigenvalue weighted by molar-refractivity contribution is 1.07. The van der Waals surface area contributed by atoms with Crippen LogP contribution >= 0.6 is 0 Å². The van der Waals surface area contributed by atoms with Gasteiger partial charge < -0.3 is 9.13 Å². The summed E-state index contributed by atoms with van der Waals surface area (Å²) >= 11 is 0. The largest absolute Gasteiger partial charge is 0.307 e. The van der Waals surface area contributed by atoms with E-state index in [4.69, 9.17) is 29.9 Å². The van der Waals surface area contributed by atoms with Crippen molar-refractivity contribution in [2.45, 2.75) is 0 Å². The first kappa shape index (κ1) is 39.0. The number of fused-ring (bicyclic) bond motifs is 7. The van der Waals surface area contributed by atoms with Gasteiger partial charge in [0.05, 0.1) is 22.1 Å². The first-order chi connectivity index (χ1) is 33.7. The molecule has 4 heterocycles. The summed E-state index contributed by atoms with van der Waals surface area (Å²) in [4.78, 5) is 30.4. The zero-order valence-corrected chi connectivity index (χ0v) is 36.5. The van der Waals surface area contributed by atoms with Gasteiger partial charge in [-0.25, -0.2) is 29.9 Å². The molecule has 68 heavy (non-hydrogen) atoms. The molecule has 9 aromatic carbocycles. The second-order valence-corrected chi connectivity index (χ2v) is 16.7. The fourth-order valence-electron chi connectivity index (χ4n) is 9.48. The average molecular weight is 871 g/mol. The Balaban J connectivity index is 1.04. The molecule has 0 bridgehead atoms. The summed E-state index contributed by atoms with van der Waals surface area (Å²) in [5.41, 5.74) is 11.8. The Bertz CT molecular complexity index is 3640. The molecule has 0 saturated heterocycles. The zero-order valence-electron chi connectivity index (χ0n) is 36.5. The molecule has 8 nitrogen and oxygen atoms in total. The molecular formula is C60H38N8. The SMILES string of the molecule is c1ccc(-c2nc(-c3ccccc3)nc(-c3cccc(-n4c5ccccc5c5ccc6c7ccccc7n(-c7cccc(-c8nc(-c9ccccc9)nc(-c9ccccc9)n8)c7)c6c54)c3)n2)cc1. The first-order valence-corrected chi connectivity index (χ1v) is 22.6. The molecular weight excluding hydrogens is 833 g/mol. The highest BCUT2D eigenvalue weighted by Crippen LogP contribution is 2.42. The highest BCUT2D eigenvalue weighted by molar-refractivity contribution is 6.23. The molecule has 0 N–H and O–H groups in total. The van der Waals surface area contributed by atoms with Crippen molar-refractivity contribution in [2.24, 2.45) is 0 Å². The summed E-state index contributed by atoms with van der Waals surface area (Å²) in [7, 11) is 0. The van der Waals surface area contributed by atoms with Crippen molar-refractivity contribution in [3.63, 3.8) is 0 Å². The predicted octanol–water partition coefficient (Wildman–Crippen LogP) is 14.3. The number of rotatable bonds is 8.